The predicted molar refractivity (Wildman–Crippen MR) is 56.7 cm³/mol. The van der Waals surface area contributed by atoms with Crippen LogP contribution in [0.4, 0.5) is 0 Å². The van der Waals surface area contributed by atoms with Gasteiger partial charge in [-0.1, -0.05) is 5.16 Å². The van der Waals surface area contributed by atoms with Gasteiger partial charge in [0.1, 0.15) is 5.84 Å². The third kappa shape index (κ3) is 2.11. The highest BCUT2D eigenvalue weighted by atomic mass is 16.4. The van der Waals surface area contributed by atoms with Crippen molar-refractivity contribution in [1.82, 2.24) is 9.78 Å². The Labute approximate surface area is 88.6 Å². The van der Waals surface area contributed by atoms with Crippen LogP contribution >= 0.6 is 0 Å². The highest BCUT2D eigenvalue weighted by Gasteiger charge is 2.44. The molecule has 0 amide bonds. The lowest BCUT2D eigenvalue weighted by Crippen LogP contribution is -2.22. The summed E-state index contributed by atoms with van der Waals surface area (Å²) in [6.07, 6.45) is 4.71. The molecule has 1 saturated carbocycles. The summed E-state index contributed by atoms with van der Waals surface area (Å²) in [5.74, 6) is 0.317. The minimum atomic E-state index is 0.174. The van der Waals surface area contributed by atoms with Gasteiger partial charge in [0.05, 0.1) is 0 Å². The Morgan fingerprint density at radius 2 is 2.47 bits per heavy atom. The molecule has 1 heterocycles. The molecular formula is C10H16N4O. The third-order valence-electron chi connectivity index (χ3n) is 3.06. The second kappa shape index (κ2) is 3.56. The topological polar surface area (TPSA) is 76.4 Å². The van der Waals surface area contributed by atoms with Crippen LogP contribution in [0.3, 0.4) is 0 Å². The first-order valence-corrected chi connectivity index (χ1v) is 5.10. The molecule has 1 aromatic heterocycles. The van der Waals surface area contributed by atoms with Gasteiger partial charge < -0.3 is 10.9 Å². The number of rotatable bonds is 4. The minimum absolute atomic E-state index is 0.174. The third-order valence-corrected chi connectivity index (χ3v) is 3.06. The number of aryl methyl sites for hydroxylation is 1. The number of hydrogen-bond acceptors (Lipinski definition) is 3. The molecule has 5 nitrogen and oxygen atoms in total. The molecule has 0 unspecified atom stereocenters. The van der Waals surface area contributed by atoms with Crippen LogP contribution in [-0.2, 0) is 6.54 Å². The van der Waals surface area contributed by atoms with E-state index in [0.717, 1.165) is 25.1 Å². The summed E-state index contributed by atoms with van der Waals surface area (Å²) in [6, 6.07) is 1.99. The second-order valence-electron chi connectivity index (χ2n) is 4.40. The highest BCUT2D eigenvalue weighted by Crippen LogP contribution is 2.50. The van der Waals surface area contributed by atoms with E-state index >= 15 is 0 Å². The van der Waals surface area contributed by atoms with Crippen LogP contribution < -0.4 is 5.73 Å². The summed E-state index contributed by atoms with van der Waals surface area (Å²) >= 11 is 0. The van der Waals surface area contributed by atoms with Crippen molar-refractivity contribution in [2.24, 2.45) is 16.3 Å². The van der Waals surface area contributed by atoms with Gasteiger partial charge in [0.15, 0.2) is 0 Å². The Balaban J connectivity index is 2.03. The maximum absolute atomic E-state index is 8.55. The number of aromatic nitrogens is 2. The first kappa shape index (κ1) is 10.0. The van der Waals surface area contributed by atoms with Crippen molar-refractivity contribution in [3.8, 4) is 0 Å². The van der Waals surface area contributed by atoms with Gasteiger partial charge in [-0.15, -0.1) is 0 Å². The Morgan fingerprint density at radius 3 is 2.93 bits per heavy atom. The molecule has 0 saturated heterocycles. The normalized spacial score (nSPS) is 19.1. The fourth-order valence-corrected chi connectivity index (χ4v) is 1.87. The van der Waals surface area contributed by atoms with E-state index in [1.807, 2.05) is 17.7 Å². The van der Waals surface area contributed by atoms with Crippen LogP contribution in [0.2, 0.25) is 0 Å². The lowest BCUT2D eigenvalue weighted by atomic mass is 10.0. The van der Waals surface area contributed by atoms with Gasteiger partial charge in [-0.3, -0.25) is 4.68 Å². The van der Waals surface area contributed by atoms with Gasteiger partial charge in [-0.05, 0) is 31.2 Å². The van der Waals surface area contributed by atoms with Crippen LogP contribution in [0.15, 0.2) is 17.4 Å². The molecule has 15 heavy (non-hydrogen) atoms. The number of oxime groups is 1. The summed E-state index contributed by atoms with van der Waals surface area (Å²) in [5.41, 5.74) is 6.86. The summed E-state index contributed by atoms with van der Waals surface area (Å²) in [6.45, 7) is 2.90. The predicted octanol–water partition coefficient (Wildman–Crippen LogP) is 1.11. The van der Waals surface area contributed by atoms with E-state index in [1.165, 1.54) is 0 Å². The van der Waals surface area contributed by atoms with Crippen molar-refractivity contribution in [1.29, 1.82) is 0 Å². The lowest BCUT2D eigenvalue weighted by Gasteiger charge is -2.15. The average Bonchev–Trinajstić information content (AvgIpc) is 2.85. The molecule has 82 valence electrons. The molecule has 3 N–H and O–H groups in total. The number of nitrogens with two attached hydrogens (primary N) is 1. The highest BCUT2D eigenvalue weighted by molar-refractivity contribution is 5.80. The van der Waals surface area contributed by atoms with Gasteiger partial charge in [0, 0.05) is 24.9 Å². The zero-order valence-corrected chi connectivity index (χ0v) is 8.85. The Hall–Kier alpha value is -1.52. The number of hydrogen-bond donors (Lipinski definition) is 2. The lowest BCUT2D eigenvalue weighted by molar-refractivity contribution is 0.312. The van der Waals surface area contributed by atoms with E-state index in [4.69, 9.17) is 10.9 Å². The van der Waals surface area contributed by atoms with E-state index in [0.29, 0.717) is 12.3 Å². The largest absolute Gasteiger partial charge is 0.409 e. The number of amidine groups is 1. The van der Waals surface area contributed by atoms with Crippen LogP contribution in [0.25, 0.3) is 0 Å². The van der Waals surface area contributed by atoms with Gasteiger partial charge in [-0.25, -0.2) is 0 Å². The summed E-state index contributed by atoms with van der Waals surface area (Å²) < 4.78 is 1.98. The Kier molecular flexibility index (Phi) is 2.38. The quantitative estimate of drug-likeness (QED) is 0.337. The zero-order chi connectivity index (χ0) is 10.9. The summed E-state index contributed by atoms with van der Waals surface area (Å²) in [5, 5.41) is 15.8. The molecule has 2 rings (SSSR count). The van der Waals surface area contributed by atoms with Gasteiger partial charge >= 0.3 is 0 Å². The molecule has 1 aliphatic rings. The first-order valence-electron chi connectivity index (χ1n) is 5.10. The monoisotopic (exact) mass is 208 g/mol. The van der Waals surface area contributed by atoms with Gasteiger partial charge in [0.2, 0.25) is 0 Å². The van der Waals surface area contributed by atoms with E-state index in [9.17, 15) is 0 Å². The van der Waals surface area contributed by atoms with Crippen LogP contribution in [0, 0.1) is 12.3 Å². The minimum Gasteiger partial charge on any atom is -0.409 e. The first-order chi connectivity index (χ1) is 7.15. The molecular weight excluding hydrogens is 192 g/mol. The smallest absolute Gasteiger partial charge is 0.139 e. The molecule has 0 aliphatic heterocycles. The molecule has 0 spiro atoms. The summed E-state index contributed by atoms with van der Waals surface area (Å²) in [7, 11) is 0. The molecule has 0 aromatic carbocycles. The molecule has 1 fully saturated rings. The van der Waals surface area contributed by atoms with Crippen LogP contribution in [0.5, 0.6) is 0 Å². The van der Waals surface area contributed by atoms with E-state index in [1.54, 1.807) is 6.20 Å². The zero-order valence-electron chi connectivity index (χ0n) is 8.85. The molecule has 5 heteroatoms. The second-order valence-corrected chi connectivity index (χ2v) is 4.40. The molecule has 1 aromatic rings. The molecule has 0 atom stereocenters. The Bertz CT molecular complexity index is 379. The van der Waals surface area contributed by atoms with Gasteiger partial charge in [0.25, 0.3) is 0 Å². The maximum Gasteiger partial charge on any atom is 0.139 e. The molecule has 0 radical (unpaired) electrons. The van der Waals surface area contributed by atoms with E-state index in [2.05, 4.69) is 10.3 Å². The van der Waals surface area contributed by atoms with Crippen molar-refractivity contribution in [3.63, 3.8) is 0 Å². The van der Waals surface area contributed by atoms with E-state index in [-0.39, 0.29) is 5.41 Å². The van der Waals surface area contributed by atoms with Crippen molar-refractivity contribution in [2.75, 3.05) is 0 Å². The average molecular weight is 208 g/mol. The number of nitrogens with zero attached hydrogens (tertiary/aromatic N) is 3. The fourth-order valence-electron chi connectivity index (χ4n) is 1.87. The standard InChI is InChI=1S/C10H16N4O/c1-8-2-5-12-14(8)7-10(3-4-10)6-9(11)13-15/h2,5,15H,3-4,6-7H2,1H3,(H2,11,13). The molecule has 0 bridgehead atoms. The SMILES string of the molecule is Cc1ccnn1CC1(CC(N)=NO)CC1. The van der Waals surface area contributed by atoms with E-state index < -0.39 is 0 Å². The van der Waals surface area contributed by atoms with Crippen molar-refractivity contribution in [2.45, 2.75) is 32.7 Å². The van der Waals surface area contributed by atoms with Crippen molar-refractivity contribution >= 4 is 5.84 Å². The summed E-state index contributed by atoms with van der Waals surface area (Å²) in [4.78, 5) is 0. The van der Waals surface area contributed by atoms with Crippen molar-refractivity contribution in [3.05, 3.63) is 18.0 Å². The van der Waals surface area contributed by atoms with Crippen molar-refractivity contribution < 1.29 is 5.21 Å². The fraction of sp³-hybridized carbons (Fsp3) is 0.600. The molecule has 1 aliphatic carbocycles. The van der Waals surface area contributed by atoms with Gasteiger partial charge in [-0.2, -0.15) is 5.10 Å². The van der Waals surface area contributed by atoms with Crippen LogP contribution in [0.1, 0.15) is 25.0 Å². The Morgan fingerprint density at radius 1 is 1.73 bits per heavy atom. The maximum atomic E-state index is 8.55. The van der Waals surface area contributed by atoms with Crippen LogP contribution in [-0.4, -0.2) is 20.8 Å².